The molecule has 0 atom stereocenters. The van der Waals surface area contributed by atoms with E-state index >= 15 is 0 Å². The number of nitrogens with zero attached hydrogens (tertiary/aromatic N) is 1. The molecule has 3 rings (SSSR count). The number of fused-ring (bicyclic) bond motifs is 1. The van der Waals surface area contributed by atoms with Gasteiger partial charge in [-0.1, -0.05) is 11.6 Å². The maximum atomic E-state index is 3.58. The molecule has 90 valence electrons. The van der Waals surface area contributed by atoms with Gasteiger partial charge in [0.1, 0.15) is 0 Å². The average Bonchev–Trinajstić information content (AvgIpc) is 3.06. The summed E-state index contributed by atoms with van der Waals surface area (Å²) in [6.45, 7) is 3.27. The van der Waals surface area contributed by atoms with Crippen molar-refractivity contribution in [2.45, 2.75) is 32.2 Å². The van der Waals surface area contributed by atoms with Crippen LogP contribution >= 0.6 is 0 Å². The number of rotatable bonds is 4. The van der Waals surface area contributed by atoms with Crippen LogP contribution in [-0.2, 0) is 13.5 Å². The van der Waals surface area contributed by atoms with E-state index in [0.29, 0.717) is 0 Å². The highest BCUT2D eigenvalue weighted by molar-refractivity contribution is 5.84. The van der Waals surface area contributed by atoms with Gasteiger partial charge in [-0.3, -0.25) is 0 Å². The second kappa shape index (κ2) is 4.19. The standard InChI is InChI=1S/C15H20N2/c1-11-3-6-15-14(9-11)12(10-17(15)2)7-8-16-13-4-5-13/h3,6,9-10,13,16H,4-5,7-8H2,1-2H3. The summed E-state index contributed by atoms with van der Waals surface area (Å²) in [5.74, 6) is 0. The van der Waals surface area contributed by atoms with Crippen molar-refractivity contribution in [1.82, 2.24) is 9.88 Å². The second-order valence-corrected chi connectivity index (χ2v) is 5.26. The fourth-order valence-electron chi connectivity index (χ4n) is 2.49. The lowest BCUT2D eigenvalue weighted by Gasteiger charge is -2.02. The van der Waals surface area contributed by atoms with Gasteiger partial charge < -0.3 is 9.88 Å². The van der Waals surface area contributed by atoms with E-state index in [-0.39, 0.29) is 0 Å². The second-order valence-electron chi connectivity index (χ2n) is 5.26. The molecule has 2 aromatic rings. The Morgan fingerprint density at radius 3 is 2.94 bits per heavy atom. The van der Waals surface area contributed by atoms with Crippen molar-refractivity contribution < 1.29 is 0 Å². The first-order valence-corrected chi connectivity index (χ1v) is 6.52. The van der Waals surface area contributed by atoms with Crippen molar-refractivity contribution in [3.05, 3.63) is 35.5 Å². The predicted molar refractivity (Wildman–Crippen MR) is 72.4 cm³/mol. The summed E-state index contributed by atoms with van der Waals surface area (Å²) in [4.78, 5) is 0. The molecule has 2 heteroatoms. The molecule has 0 aliphatic heterocycles. The number of aromatic nitrogens is 1. The lowest BCUT2D eigenvalue weighted by Crippen LogP contribution is -2.19. The summed E-state index contributed by atoms with van der Waals surface area (Å²) < 4.78 is 2.24. The normalized spacial score (nSPS) is 15.6. The molecule has 2 nitrogen and oxygen atoms in total. The van der Waals surface area contributed by atoms with Gasteiger partial charge in [0.05, 0.1) is 0 Å². The zero-order valence-corrected chi connectivity index (χ0v) is 10.7. The number of aryl methyl sites for hydroxylation is 2. The van der Waals surface area contributed by atoms with Gasteiger partial charge >= 0.3 is 0 Å². The summed E-state index contributed by atoms with van der Waals surface area (Å²) in [6.07, 6.45) is 6.15. The SMILES string of the molecule is Cc1ccc2c(c1)c(CCNC1CC1)cn2C. The molecule has 1 aliphatic carbocycles. The molecule has 1 heterocycles. The van der Waals surface area contributed by atoms with Gasteiger partial charge in [-0.2, -0.15) is 0 Å². The Hall–Kier alpha value is -1.28. The predicted octanol–water partition coefficient (Wildman–Crippen LogP) is 2.78. The molecule has 0 spiro atoms. The molecule has 0 bridgehead atoms. The van der Waals surface area contributed by atoms with Crippen molar-refractivity contribution in [3.8, 4) is 0 Å². The van der Waals surface area contributed by atoms with Crippen LogP contribution in [0.15, 0.2) is 24.4 Å². The maximum Gasteiger partial charge on any atom is 0.0480 e. The van der Waals surface area contributed by atoms with Crippen LogP contribution in [0.5, 0.6) is 0 Å². The van der Waals surface area contributed by atoms with Crippen molar-refractivity contribution in [3.63, 3.8) is 0 Å². The monoisotopic (exact) mass is 228 g/mol. The zero-order chi connectivity index (χ0) is 11.8. The van der Waals surface area contributed by atoms with Gasteiger partial charge in [0.25, 0.3) is 0 Å². The summed E-state index contributed by atoms with van der Waals surface area (Å²) in [5.41, 5.74) is 4.16. The van der Waals surface area contributed by atoms with E-state index in [1.807, 2.05) is 0 Å². The molecule has 0 radical (unpaired) electrons. The van der Waals surface area contributed by atoms with E-state index in [1.54, 1.807) is 0 Å². The Bertz CT molecular complexity index is 535. The van der Waals surface area contributed by atoms with Crippen LogP contribution in [0, 0.1) is 6.92 Å². The van der Waals surface area contributed by atoms with E-state index in [2.05, 4.69) is 48.3 Å². The molecule has 1 fully saturated rings. The molecule has 0 amide bonds. The van der Waals surface area contributed by atoms with Crippen LogP contribution in [0.2, 0.25) is 0 Å². The molecule has 1 aromatic carbocycles. The smallest absolute Gasteiger partial charge is 0.0480 e. The third-order valence-electron chi connectivity index (χ3n) is 3.63. The van der Waals surface area contributed by atoms with E-state index in [0.717, 1.165) is 19.0 Å². The fraction of sp³-hybridized carbons (Fsp3) is 0.467. The first kappa shape index (κ1) is 10.8. The third-order valence-corrected chi connectivity index (χ3v) is 3.63. The first-order valence-electron chi connectivity index (χ1n) is 6.52. The van der Waals surface area contributed by atoms with Crippen LogP contribution in [0.3, 0.4) is 0 Å². The first-order chi connectivity index (χ1) is 8.24. The number of hydrogen-bond donors (Lipinski definition) is 1. The molecule has 0 saturated heterocycles. The Balaban J connectivity index is 1.83. The summed E-state index contributed by atoms with van der Waals surface area (Å²) in [7, 11) is 2.13. The van der Waals surface area contributed by atoms with Gasteiger partial charge in [0.15, 0.2) is 0 Å². The third kappa shape index (κ3) is 2.22. The lowest BCUT2D eigenvalue weighted by atomic mass is 10.1. The molecule has 1 aromatic heterocycles. The van der Waals surface area contributed by atoms with Crippen LogP contribution in [-0.4, -0.2) is 17.2 Å². The molecule has 0 unspecified atom stereocenters. The van der Waals surface area contributed by atoms with E-state index < -0.39 is 0 Å². The Kier molecular flexibility index (Phi) is 2.67. The van der Waals surface area contributed by atoms with Gasteiger partial charge in [0.2, 0.25) is 0 Å². The van der Waals surface area contributed by atoms with Gasteiger partial charge in [0, 0.05) is 30.2 Å². The summed E-state index contributed by atoms with van der Waals surface area (Å²) in [5, 5.41) is 5.01. The van der Waals surface area contributed by atoms with Gasteiger partial charge in [-0.15, -0.1) is 0 Å². The van der Waals surface area contributed by atoms with Crippen LogP contribution in [0.4, 0.5) is 0 Å². The molecule has 1 N–H and O–H groups in total. The van der Waals surface area contributed by atoms with Crippen LogP contribution in [0.25, 0.3) is 10.9 Å². The Morgan fingerprint density at radius 2 is 2.18 bits per heavy atom. The number of nitrogens with one attached hydrogen (secondary N) is 1. The quantitative estimate of drug-likeness (QED) is 0.851. The zero-order valence-electron chi connectivity index (χ0n) is 10.7. The topological polar surface area (TPSA) is 17.0 Å². The minimum atomic E-state index is 0.812. The molecule has 17 heavy (non-hydrogen) atoms. The Labute approximate surface area is 103 Å². The minimum absolute atomic E-state index is 0.812. The van der Waals surface area contributed by atoms with E-state index in [9.17, 15) is 0 Å². The number of benzene rings is 1. The summed E-state index contributed by atoms with van der Waals surface area (Å²) >= 11 is 0. The Morgan fingerprint density at radius 1 is 1.35 bits per heavy atom. The number of hydrogen-bond acceptors (Lipinski definition) is 1. The van der Waals surface area contributed by atoms with Crippen LogP contribution in [0.1, 0.15) is 24.0 Å². The maximum absolute atomic E-state index is 3.58. The molecular formula is C15H20N2. The van der Waals surface area contributed by atoms with Crippen molar-refractivity contribution >= 4 is 10.9 Å². The highest BCUT2D eigenvalue weighted by Gasteiger charge is 2.19. The lowest BCUT2D eigenvalue weighted by molar-refractivity contribution is 0.682. The largest absolute Gasteiger partial charge is 0.350 e. The highest BCUT2D eigenvalue weighted by Crippen LogP contribution is 2.23. The summed E-state index contributed by atoms with van der Waals surface area (Å²) in [6, 6.07) is 7.53. The van der Waals surface area contributed by atoms with Crippen molar-refractivity contribution in [2.75, 3.05) is 6.54 Å². The van der Waals surface area contributed by atoms with Gasteiger partial charge in [-0.25, -0.2) is 0 Å². The highest BCUT2D eigenvalue weighted by atomic mass is 14.9. The molecule has 1 saturated carbocycles. The molecular weight excluding hydrogens is 208 g/mol. The van der Waals surface area contributed by atoms with Crippen molar-refractivity contribution in [2.24, 2.45) is 7.05 Å². The van der Waals surface area contributed by atoms with Crippen molar-refractivity contribution in [1.29, 1.82) is 0 Å². The van der Waals surface area contributed by atoms with Gasteiger partial charge in [-0.05, 0) is 50.4 Å². The van der Waals surface area contributed by atoms with E-state index in [1.165, 1.54) is 34.9 Å². The van der Waals surface area contributed by atoms with Crippen LogP contribution < -0.4 is 5.32 Å². The van der Waals surface area contributed by atoms with E-state index in [4.69, 9.17) is 0 Å². The average molecular weight is 228 g/mol. The molecule has 1 aliphatic rings. The fourth-order valence-corrected chi connectivity index (χ4v) is 2.49. The minimum Gasteiger partial charge on any atom is -0.350 e.